The van der Waals surface area contributed by atoms with Gasteiger partial charge in [-0.3, -0.25) is 0 Å². The smallest absolute Gasteiger partial charge is 2.00 e. The number of halogens is 12. The largest absolute Gasteiger partial charge is 2.00 e. The first-order valence-electron chi connectivity index (χ1n) is 2.03. The van der Waals surface area contributed by atoms with Crippen molar-refractivity contribution >= 4 is 15.6 Å². The molecule has 0 saturated carbocycles. The maximum atomic E-state index is 9.87. The molecule has 0 aromatic heterocycles. The molecule has 15 heteroatoms. The fraction of sp³-hybridized carbons (Fsp3) is 0. The van der Waals surface area contributed by atoms with Crippen molar-refractivity contribution in [3.05, 3.63) is 0 Å². The van der Waals surface area contributed by atoms with Gasteiger partial charge >= 0.3 is 87.0 Å². The molecule has 0 N–H and O–H groups in total. The molecule has 0 aliphatic rings. The Hall–Kier alpha value is 0.708. The van der Waals surface area contributed by atoms with E-state index in [-0.39, 0.29) is 21.1 Å². The van der Waals surface area contributed by atoms with Crippen LogP contribution in [0.4, 0.5) is 50.4 Å². The Morgan fingerprint density at radius 3 is 0.333 bits per heavy atom. The second kappa shape index (κ2) is 2.93. The average Bonchev–Trinajstić information content (AvgIpc) is 0.938. The van der Waals surface area contributed by atoms with Gasteiger partial charge in [0.2, 0.25) is 0 Å². The Morgan fingerprint density at radius 1 is 0.333 bits per heavy atom. The van der Waals surface area contributed by atoms with Crippen molar-refractivity contribution in [2.24, 2.45) is 0 Å². The molecular weight excluding hydrogens is 485 g/mol. The van der Waals surface area contributed by atoms with Gasteiger partial charge in [-0.15, -0.1) is 0 Å². The molecule has 0 aromatic rings. The molecule has 0 spiro atoms. The van der Waals surface area contributed by atoms with E-state index in [1.807, 2.05) is 0 Å². The monoisotopic (exact) mass is 485 g/mol. The van der Waals surface area contributed by atoms with Crippen LogP contribution in [0.25, 0.3) is 0 Å². The summed E-state index contributed by atoms with van der Waals surface area (Å²) >= 11 is 0. The van der Waals surface area contributed by atoms with Gasteiger partial charge < -0.3 is 0 Å². The molecule has 0 nitrogen and oxygen atoms in total. The molecule has 0 fully saturated rings. The predicted octanol–water partition coefficient (Wildman–Crippen LogP) is 6.76. The molecular formula is F12P2Pt. The average molecular weight is 485 g/mol. The normalized spacial score (nSPS) is 21.6. The summed E-state index contributed by atoms with van der Waals surface area (Å²) in [5, 5.41) is 0. The number of hydrogen-bond acceptors (Lipinski definition) is 0. The topological polar surface area (TPSA) is 0 Å². The van der Waals surface area contributed by atoms with Crippen LogP contribution in [0.3, 0.4) is 0 Å². The van der Waals surface area contributed by atoms with Crippen molar-refractivity contribution in [3.8, 4) is 0 Å². The predicted molar refractivity (Wildman–Crippen MR) is 27.1 cm³/mol. The molecule has 0 unspecified atom stereocenters. The molecule has 0 saturated heterocycles. The van der Waals surface area contributed by atoms with Gasteiger partial charge in [0, 0.05) is 0 Å². The molecule has 0 heterocycles. The van der Waals surface area contributed by atoms with Crippen LogP contribution in [0.1, 0.15) is 0 Å². The summed E-state index contributed by atoms with van der Waals surface area (Å²) in [6, 6.07) is 0. The Balaban J connectivity index is -0.000000180. The van der Waals surface area contributed by atoms with E-state index in [9.17, 15) is 50.4 Å². The van der Waals surface area contributed by atoms with Crippen LogP contribution in [-0.4, -0.2) is 0 Å². The van der Waals surface area contributed by atoms with Crippen LogP contribution < -0.4 is 0 Å². The molecule has 0 bridgehead atoms. The first-order valence-corrected chi connectivity index (χ1v) is 6.09. The maximum Gasteiger partial charge on any atom is 2.00 e. The van der Waals surface area contributed by atoms with Gasteiger partial charge in [-0.05, 0) is 0 Å². The minimum Gasteiger partial charge on any atom is 2.00 e. The van der Waals surface area contributed by atoms with Gasteiger partial charge in [-0.1, -0.05) is 0 Å². The van der Waals surface area contributed by atoms with Crippen molar-refractivity contribution in [1.29, 1.82) is 0 Å². The summed E-state index contributed by atoms with van der Waals surface area (Å²) in [6.07, 6.45) is 0. The Labute approximate surface area is 87.7 Å². The Kier molecular flexibility index (Phi) is 4.11. The molecule has 0 aliphatic heterocycles. The quantitative estimate of drug-likeness (QED) is 0.263. The summed E-state index contributed by atoms with van der Waals surface area (Å²) < 4.78 is 118. The third kappa shape index (κ3) is 4730. The van der Waals surface area contributed by atoms with E-state index in [1.54, 1.807) is 0 Å². The molecule has 0 atom stereocenters. The molecule has 0 radical (unpaired) electrons. The summed E-state index contributed by atoms with van der Waals surface area (Å²) in [5.41, 5.74) is 0. The molecule has 0 aliphatic carbocycles. The summed E-state index contributed by atoms with van der Waals surface area (Å²) in [6.45, 7) is 0. The van der Waals surface area contributed by atoms with Gasteiger partial charge in [0.25, 0.3) is 0 Å². The van der Waals surface area contributed by atoms with Crippen LogP contribution in [0.2, 0.25) is 0 Å². The first-order chi connectivity index (χ1) is 4.90. The second-order valence-corrected chi connectivity index (χ2v) is 5.75. The Bertz CT molecular complexity index is 161. The van der Waals surface area contributed by atoms with Crippen LogP contribution in [0.5, 0.6) is 0 Å². The van der Waals surface area contributed by atoms with Crippen molar-refractivity contribution < 1.29 is 71.4 Å². The van der Waals surface area contributed by atoms with Crippen LogP contribution in [0, 0.1) is 0 Å². The van der Waals surface area contributed by atoms with Gasteiger partial charge in [0.1, 0.15) is 0 Å². The van der Waals surface area contributed by atoms with E-state index in [2.05, 4.69) is 0 Å². The van der Waals surface area contributed by atoms with Crippen molar-refractivity contribution in [1.82, 2.24) is 0 Å². The van der Waals surface area contributed by atoms with Gasteiger partial charge in [0.05, 0.1) is 0 Å². The molecule has 0 amide bonds. The molecule has 15 heavy (non-hydrogen) atoms. The Morgan fingerprint density at radius 2 is 0.333 bits per heavy atom. The zero-order valence-electron chi connectivity index (χ0n) is 5.75. The van der Waals surface area contributed by atoms with E-state index in [0.29, 0.717) is 0 Å². The summed E-state index contributed by atoms with van der Waals surface area (Å²) in [4.78, 5) is 0. The molecule has 104 valence electrons. The van der Waals surface area contributed by atoms with Crippen LogP contribution in [0.15, 0.2) is 0 Å². The minimum atomic E-state index is -10.7. The summed E-state index contributed by atoms with van der Waals surface area (Å²) in [5.74, 6) is 0. The van der Waals surface area contributed by atoms with E-state index in [1.165, 1.54) is 0 Å². The second-order valence-electron chi connectivity index (χ2n) is 1.92. The van der Waals surface area contributed by atoms with Crippen LogP contribution >= 0.6 is 15.6 Å². The van der Waals surface area contributed by atoms with Gasteiger partial charge in [-0.2, -0.15) is 0 Å². The van der Waals surface area contributed by atoms with E-state index in [4.69, 9.17) is 0 Å². The van der Waals surface area contributed by atoms with Gasteiger partial charge in [0.15, 0.2) is 0 Å². The van der Waals surface area contributed by atoms with E-state index >= 15 is 0 Å². The zero-order valence-corrected chi connectivity index (χ0v) is 9.81. The summed E-state index contributed by atoms with van der Waals surface area (Å²) in [7, 11) is -21.3. The van der Waals surface area contributed by atoms with E-state index < -0.39 is 15.6 Å². The zero-order chi connectivity index (χ0) is 12.8. The molecule has 0 rings (SSSR count). The molecule has 0 aromatic carbocycles. The third-order valence-corrected chi connectivity index (χ3v) is 0. The fourth-order valence-corrected chi connectivity index (χ4v) is 0. The first kappa shape index (κ1) is 21.0. The van der Waals surface area contributed by atoms with Crippen LogP contribution in [-0.2, 0) is 21.1 Å². The SMILES string of the molecule is F[P-](F)(F)(F)(F)F.F[P-](F)(F)(F)(F)F.[Pt+2]. The number of rotatable bonds is 0. The van der Waals surface area contributed by atoms with Crippen molar-refractivity contribution in [2.45, 2.75) is 0 Å². The third-order valence-electron chi connectivity index (χ3n) is 0. The van der Waals surface area contributed by atoms with Crippen molar-refractivity contribution in [2.75, 3.05) is 0 Å². The maximum absolute atomic E-state index is 10.7. The van der Waals surface area contributed by atoms with Gasteiger partial charge in [-0.25, -0.2) is 0 Å². The minimum absolute atomic E-state index is 0. The number of hydrogen-bond donors (Lipinski definition) is 0. The fourth-order valence-electron chi connectivity index (χ4n) is 0. The van der Waals surface area contributed by atoms with E-state index in [0.717, 1.165) is 0 Å². The van der Waals surface area contributed by atoms with Crippen molar-refractivity contribution in [3.63, 3.8) is 0 Å². The standard InChI is InChI=1S/2F6P.Pt/c2*1-7(2,3,4,5)6;/q2*-1;+2.